The number of aromatic nitrogens is 3. The van der Waals surface area contributed by atoms with Crippen molar-refractivity contribution in [1.29, 1.82) is 0 Å². The van der Waals surface area contributed by atoms with E-state index in [0.717, 1.165) is 21.1 Å². The molecule has 2 heterocycles. The molecule has 33 heavy (non-hydrogen) atoms. The molecule has 0 spiro atoms. The van der Waals surface area contributed by atoms with Crippen molar-refractivity contribution in [2.75, 3.05) is 27.9 Å². The van der Waals surface area contributed by atoms with Gasteiger partial charge in [0.1, 0.15) is 0 Å². The Morgan fingerprint density at radius 3 is 2.33 bits per heavy atom. The van der Waals surface area contributed by atoms with Crippen LogP contribution in [-0.2, 0) is 6.42 Å². The van der Waals surface area contributed by atoms with E-state index < -0.39 is 0 Å². The minimum atomic E-state index is -0.226. The summed E-state index contributed by atoms with van der Waals surface area (Å²) in [7, 11) is 4.55. The standard InChI is InChI=1S/C23H23ClN4O4S/c1-13-19(33-23-26-21(27-28(13)23)14-5-7-16(24)8-6-14)9-10-25-22(29)15-11-17(30-2)20(32-4)18(12-15)31-3/h5-8,11-12H,9-10H2,1-4H3,(H,25,29). The molecule has 1 N–H and O–H groups in total. The molecule has 0 aliphatic heterocycles. The number of hydrogen-bond acceptors (Lipinski definition) is 7. The molecule has 0 unspecified atom stereocenters. The number of benzene rings is 2. The Hall–Kier alpha value is -3.30. The number of hydrogen-bond donors (Lipinski definition) is 1. The molecule has 1 amide bonds. The molecule has 0 bridgehead atoms. The monoisotopic (exact) mass is 486 g/mol. The van der Waals surface area contributed by atoms with Gasteiger partial charge in [-0.05, 0) is 43.3 Å². The molecular formula is C23H23ClN4O4S. The van der Waals surface area contributed by atoms with Crippen LogP contribution in [0.15, 0.2) is 36.4 Å². The Balaban J connectivity index is 1.45. The number of aryl methyl sites for hydroxylation is 1. The highest BCUT2D eigenvalue weighted by Gasteiger charge is 2.18. The van der Waals surface area contributed by atoms with Gasteiger partial charge in [0.25, 0.3) is 5.91 Å². The number of methoxy groups -OCH3 is 3. The lowest BCUT2D eigenvalue weighted by Crippen LogP contribution is -2.25. The van der Waals surface area contributed by atoms with Gasteiger partial charge >= 0.3 is 0 Å². The van der Waals surface area contributed by atoms with Gasteiger partial charge in [0.15, 0.2) is 17.3 Å². The van der Waals surface area contributed by atoms with Gasteiger partial charge in [-0.2, -0.15) is 4.98 Å². The van der Waals surface area contributed by atoms with Gasteiger partial charge in [0.2, 0.25) is 10.7 Å². The number of amides is 1. The van der Waals surface area contributed by atoms with Crippen LogP contribution in [-0.4, -0.2) is 48.4 Å². The number of carbonyl (C=O) groups excluding carboxylic acids is 1. The molecule has 0 atom stereocenters. The van der Waals surface area contributed by atoms with Gasteiger partial charge in [-0.15, -0.1) is 5.10 Å². The number of nitrogens with one attached hydrogen (secondary N) is 1. The van der Waals surface area contributed by atoms with E-state index in [2.05, 4.69) is 15.4 Å². The maximum absolute atomic E-state index is 12.7. The lowest BCUT2D eigenvalue weighted by atomic mass is 10.1. The first-order valence-corrected chi connectivity index (χ1v) is 11.3. The third-order valence-electron chi connectivity index (χ3n) is 5.18. The smallest absolute Gasteiger partial charge is 0.251 e. The topological polar surface area (TPSA) is 87.0 Å². The summed E-state index contributed by atoms with van der Waals surface area (Å²) >= 11 is 7.53. The summed E-state index contributed by atoms with van der Waals surface area (Å²) in [5, 5.41) is 8.24. The van der Waals surface area contributed by atoms with Gasteiger partial charge in [-0.1, -0.05) is 22.9 Å². The number of ether oxygens (including phenoxy) is 3. The summed E-state index contributed by atoms with van der Waals surface area (Å²) in [6.07, 6.45) is 0.661. The highest BCUT2D eigenvalue weighted by Crippen LogP contribution is 2.38. The fourth-order valence-corrected chi connectivity index (χ4v) is 4.62. The van der Waals surface area contributed by atoms with E-state index in [4.69, 9.17) is 25.8 Å². The molecule has 0 aliphatic carbocycles. The zero-order valence-corrected chi connectivity index (χ0v) is 20.2. The van der Waals surface area contributed by atoms with Crippen molar-refractivity contribution in [3.05, 3.63) is 57.6 Å². The lowest BCUT2D eigenvalue weighted by Gasteiger charge is -2.14. The highest BCUT2D eigenvalue weighted by atomic mass is 35.5. The summed E-state index contributed by atoms with van der Waals surface area (Å²) < 4.78 is 17.8. The highest BCUT2D eigenvalue weighted by molar-refractivity contribution is 7.17. The first-order chi connectivity index (χ1) is 15.9. The predicted molar refractivity (Wildman–Crippen MR) is 128 cm³/mol. The van der Waals surface area contributed by atoms with Crippen LogP contribution in [0.4, 0.5) is 0 Å². The second-order valence-electron chi connectivity index (χ2n) is 7.17. The summed E-state index contributed by atoms with van der Waals surface area (Å²) in [6, 6.07) is 10.7. The molecule has 8 nitrogen and oxygen atoms in total. The van der Waals surface area contributed by atoms with E-state index >= 15 is 0 Å². The van der Waals surface area contributed by atoms with E-state index in [1.165, 1.54) is 21.3 Å². The third kappa shape index (κ3) is 4.60. The van der Waals surface area contributed by atoms with Gasteiger partial charge in [0, 0.05) is 34.0 Å². The quantitative estimate of drug-likeness (QED) is 0.397. The largest absolute Gasteiger partial charge is 0.493 e. The van der Waals surface area contributed by atoms with Crippen LogP contribution in [0, 0.1) is 6.92 Å². The molecule has 0 fully saturated rings. The molecule has 0 saturated heterocycles. The minimum absolute atomic E-state index is 0.226. The number of halogens is 1. The SMILES string of the molecule is COc1cc(C(=O)NCCc2sc3nc(-c4ccc(Cl)cc4)nn3c2C)cc(OC)c1OC. The molecule has 0 radical (unpaired) electrons. The Bertz CT molecular complexity index is 1280. The van der Waals surface area contributed by atoms with Crippen molar-refractivity contribution in [1.82, 2.24) is 19.9 Å². The van der Waals surface area contributed by atoms with Crippen molar-refractivity contribution in [2.24, 2.45) is 0 Å². The fourth-order valence-electron chi connectivity index (χ4n) is 3.44. The summed E-state index contributed by atoms with van der Waals surface area (Å²) in [4.78, 5) is 19.3. The van der Waals surface area contributed by atoms with Crippen LogP contribution in [0.25, 0.3) is 16.3 Å². The van der Waals surface area contributed by atoms with E-state index in [1.54, 1.807) is 23.5 Å². The number of fused-ring (bicyclic) bond motifs is 1. The lowest BCUT2D eigenvalue weighted by molar-refractivity contribution is 0.0953. The third-order valence-corrected chi connectivity index (χ3v) is 6.62. The molecular weight excluding hydrogens is 464 g/mol. The minimum Gasteiger partial charge on any atom is -0.493 e. The number of nitrogens with zero attached hydrogens (tertiary/aromatic N) is 3. The summed E-state index contributed by atoms with van der Waals surface area (Å²) in [5.74, 6) is 1.74. The molecule has 2 aromatic heterocycles. The Kier molecular flexibility index (Phi) is 6.71. The van der Waals surface area contributed by atoms with Gasteiger partial charge < -0.3 is 19.5 Å². The summed E-state index contributed by atoms with van der Waals surface area (Å²) in [5.41, 5.74) is 2.34. The first-order valence-electron chi connectivity index (χ1n) is 10.1. The van der Waals surface area contributed by atoms with Crippen molar-refractivity contribution in [3.8, 4) is 28.6 Å². The van der Waals surface area contributed by atoms with Gasteiger partial charge in [-0.3, -0.25) is 4.79 Å². The molecule has 0 aliphatic rings. The van der Waals surface area contributed by atoms with E-state index in [0.29, 0.717) is 46.6 Å². The predicted octanol–water partition coefficient (Wildman–Crippen LogP) is 4.42. The van der Waals surface area contributed by atoms with Crippen LogP contribution in [0.2, 0.25) is 5.02 Å². The molecule has 4 rings (SSSR count). The molecule has 172 valence electrons. The molecule has 0 saturated carbocycles. The van der Waals surface area contributed by atoms with Gasteiger partial charge in [0.05, 0.1) is 27.0 Å². The molecule has 10 heteroatoms. The van der Waals surface area contributed by atoms with Crippen LogP contribution < -0.4 is 19.5 Å². The van der Waals surface area contributed by atoms with Gasteiger partial charge in [-0.25, -0.2) is 4.52 Å². The van der Waals surface area contributed by atoms with Crippen molar-refractivity contribution in [2.45, 2.75) is 13.3 Å². The van der Waals surface area contributed by atoms with E-state index in [1.807, 2.05) is 35.7 Å². The molecule has 4 aromatic rings. The van der Waals surface area contributed by atoms with Crippen molar-refractivity contribution in [3.63, 3.8) is 0 Å². The Morgan fingerprint density at radius 2 is 1.76 bits per heavy atom. The number of carbonyl (C=O) groups is 1. The average molecular weight is 487 g/mol. The molecule has 2 aromatic carbocycles. The maximum atomic E-state index is 12.7. The second kappa shape index (κ2) is 9.68. The fraction of sp³-hybridized carbons (Fsp3) is 0.261. The van der Waals surface area contributed by atoms with Crippen LogP contribution in [0.1, 0.15) is 20.9 Å². The average Bonchev–Trinajstić information content (AvgIpc) is 3.37. The van der Waals surface area contributed by atoms with Crippen molar-refractivity contribution < 1.29 is 19.0 Å². The number of rotatable bonds is 8. The van der Waals surface area contributed by atoms with Crippen LogP contribution in [0.3, 0.4) is 0 Å². The van der Waals surface area contributed by atoms with Crippen LogP contribution in [0.5, 0.6) is 17.2 Å². The Labute approximate surface area is 200 Å². The zero-order chi connectivity index (χ0) is 23.5. The van der Waals surface area contributed by atoms with Crippen molar-refractivity contribution >= 4 is 33.8 Å². The zero-order valence-electron chi connectivity index (χ0n) is 18.6. The maximum Gasteiger partial charge on any atom is 0.251 e. The number of thiazole rings is 1. The second-order valence-corrected chi connectivity index (χ2v) is 8.67. The van der Waals surface area contributed by atoms with E-state index in [9.17, 15) is 4.79 Å². The van der Waals surface area contributed by atoms with Crippen LogP contribution >= 0.6 is 22.9 Å². The Morgan fingerprint density at radius 1 is 1.09 bits per heavy atom. The normalized spacial score (nSPS) is 10.9. The summed E-state index contributed by atoms with van der Waals surface area (Å²) in [6.45, 7) is 2.46. The van der Waals surface area contributed by atoms with E-state index in [-0.39, 0.29) is 5.91 Å². The first kappa shape index (κ1) is 22.9.